The number of hydrogen-bond donors (Lipinski definition) is 0. The summed E-state index contributed by atoms with van der Waals surface area (Å²) in [6, 6.07) is 42.8. The molecule has 0 radical (unpaired) electrons. The van der Waals surface area contributed by atoms with E-state index in [9.17, 15) is 0 Å². The molecule has 8 rings (SSSR count). The van der Waals surface area contributed by atoms with E-state index < -0.39 is 0 Å². The Morgan fingerprint density at radius 3 is 2.16 bits per heavy atom. The van der Waals surface area contributed by atoms with Crippen molar-refractivity contribution in [2.75, 3.05) is 0 Å². The van der Waals surface area contributed by atoms with Gasteiger partial charge < -0.3 is 0 Å². The fourth-order valence-corrected chi connectivity index (χ4v) is 6.80. The van der Waals surface area contributed by atoms with Gasteiger partial charge in [0.15, 0.2) is 0 Å². The van der Waals surface area contributed by atoms with E-state index in [1.54, 1.807) is 0 Å². The fraction of sp³-hybridized carbons (Fsp3) is 0. The first-order valence-electron chi connectivity index (χ1n) is 12.4. The van der Waals surface area contributed by atoms with Crippen molar-refractivity contribution in [3.8, 4) is 22.5 Å². The average molecular weight is 489 g/mol. The number of thiophene rings is 1. The van der Waals surface area contributed by atoms with Crippen LogP contribution in [0.4, 0.5) is 0 Å². The first-order chi connectivity index (χ1) is 18.3. The lowest BCUT2D eigenvalue weighted by Gasteiger charge is -2.14. The Kier molecular flexibility index (Phi) is 4.42. The third-order valence-corrected chi connectivity index (χ3v) is 8.45. The molecular formula is C34H20N2S. The lowest BCUT2D eigenvalue weighted by atomic mass is 9.96. The highest BCUT2D eigenvalue weighted by Gasteiger charge is 2.19. The van der Waals surface area contributed by atoms with E-state index in [1.165, 1.54) is 36.3 Å². The minimum atomic E-state index is 0.911. The molecule has 0 aliphatic rings. The summed E-state index contributed by atoms with van der Waals surface area (Å²) in [6.45, 7) is 0. The molecule has 37 heavy (non-hydrogen) atoms. The van der Waals surface area contributed by atoms with Crippen molar-refractivity contribution in [1.82, 2.24) is 9.97 Å². The molecule has 0 amide bonds. The summed E-state index contributed by atoms with van der Waals surface area (Å²) < 4.78 is 2.60. The van der Waals surface area contributed by atoms with Gasteiger partial charge in [0.25, 0.3) is 0 Å². The van der Waals surface area contributed by atoms with Crippen LogP contribution < -0.4 is 0 Å². The quantitative estimate of drug-likeness (QED) is 0.226. The van der Waals surface area contributed by atoms with Crippen molar-refractivity contribution in [1.29, 1.82) is 0 Å². The smallest absolute Gasteiger partial charge is 0.0979 e. The first-order valence-corrected chi connectivity index (χ1v) is 13.2. The number of aromatic nitrogens is 2. The van der Waals surface area contributed by atoms with E-state index in [1.807, 2.05) is 17.4 Å². The Hall–Kier alpha value is -4.60. The Morgan fingerprint density at radius 1 is 0.486 bits per heavy atom. The summed E-state index contributed by atoms with van der Waals surface area (Å²) in [5.41, 5.74) is 5.87. The van der Waals surface area contributed by atoms with Gasteiger partial charge in [0.2, 0.25) is 0 Å². The van der Waals surface area contributed by atoms with Crippen LogP contribution in [0.25, 0.3) is 75.3 Å². The molecule has 3 heteroatoms. The maximum absolute atomic E-state index is 5.32. The standard InChI is InChI=1S/C34H20N2S/c1-2-10-23(11-3-1)31-33(35-28-20-18-21-9-4-5-13-24(21)32(28)36-31)27-15-8-12-22-17-19-26-25-14-6-7-16-29(25)37-34(26)30(22)27/h1-20H. The topological polar surface area (TPSA) is 25.8 Å². The van der Waals surface area contributed by atoms with Crippen LogP contribution in [0.1, 0.15) is 0 Å². The van der Waals surface area contributed by atoms with Crippen LogP contribution in [0.3, 0.4) is 0 Å². The SMILES string of the molecule is c1ccc(-c2nc3c(ccc4ccccc43)nc2-c2cccc3ccc4c5ccccc5sc4c23)cc1. The zero-order valence-corrected chi connectivity index (χ0v) is 20.7. The molecule has 0 atom stereocenters. The molecule has 0 fully saturated rings. The summed E-state index contributed by atoms with van der Waals surface area (Å²) in [4.78, 5) is 10.6. The minimum absolute atomic E-state index is 0.911. The second-order valence-electron chi connectivity index (χ2n) is 9.39. The van der Waals surface area contributed by atoms with E-state index in [4.69, 9.17) is 9.97 Å². The molecule has 0 N–H and O–H groups in total. The highest BCUT2D eigenvalue weighted by Crippen LogP contribution is 2.43. The summed E-state index contributed by atoms with van der Waals surface area (Å²) in [7, 11) is 0. The number of fused-ring (bicyclic) bond motifs is 8. The molecule has 0 bridgehead atoms. The van der Waals surface area contributed by atoms with E-state index in [-0.39, 0.29) is 0 Å². The molecule has 2 heterocycles. The molecule has 0 aliphatic heterocycles. The van der Waals surface area contributed by atoms with Gasteiger partial charge in [0.1, 0.15) is 0 Å². The minimum Gasteiger partial charge on any atom is -0.244 e. The molecule has 0 aliphatic carbocycles. The van der Waals surface area contributed by atoms with Gasteiger partial charge >= 0.3 is 0 Å². The van der Waals surface area contributed by atoms with Crippen LogP contribution in [0.5, 0.6) is 0 Å². The molecular weight excluding hydrogens is 468 g/mol. The maximum atomic E-state index is 5.32. The number of nitrogens with zero attached hydrogens (tertiary/aromatic N) is 2. The van der Waals surface area contributed by atoms with Gasteiger partial charge in [0.05, 0.1) is 22.4 Å². The Balaban J connectivity index is 1.53. The molecule has 6 aromatic carbocycles. The lowest BCUT2D eigenvalue weighted by Crippen LogP contribution is -1.97. The van der Waals surface area contributed by atoms with Gasteiger partial charge in [0, 0.05) is 42.1 Å². The molecule has 172 valence electrons. The van der Waals surface area contributed by atoms with E-state index in [0.717, 1.165) is 38.9 Å². The summed E-state index contributed by atoms with van der Waals surface area (Å²) in [6.07, 6.45) is 0. The monoisotopic (exact) mass is 488 g/mol. The molecule has 0 saturated carbocycles. The van der Waals surface area contributed by atoms with E-state index >= 15 is 0 Å². The zero-order valence-electron chi connectivity index (χ0n) is 19.8. The number of benzene rings is 6. The molecule has 2 nitrogen and oxygen atoms in total. The van der Waals surface area contributed by atoms with Crippen molar-refractivity contribution >= 4 is 64.1 Å². The first kappa shape index (κ1) is 20.6. The second-order valence-corrected chi connectivity index (χ2v) is 10.4. The van der Waals surface area contributed by atoms with Gasteiger partial charge in [-0.1, -0.05) is 109 Å². The van der Waals surface area contributed by atoms with E-state index in [2.05, 4.69) is 115 Å². The van der Waals surface area contributed by atoms with Gasteiger partial charge in [-0.3, -0.25) is 0 Å². The summed E-state index contributed by atoms with van der Waals surface area (Å²) in [5, 5.41) is 7.36. The summed E-state index contributed by atoms with van der Waals surface area (Å²) in [5.74, 6) is 0. The highest BCUT2D eigenvalue weighted by atomic mass is 32.1. The predicted octanol–water partition coefficient (Wildman–Crippen LogP) is 9.64. The summed E-state index contributed by atoms with van der Waals surface area (Å²) >= 11 is 1.86. The van der Waals surface area contributed by atoms with Gasteiger partial charge in [-0.2, -0.15) is 0 Å². The zero-order chi connectivity index (χ0) is 24.3. The van der Waals surface area contributed by atoms with Crippen LogP contribution in [0.2, 0.25) is 0 Å². The lowest BCUT2D eigenvalue weighted by molar-refractivity contribution is 1.31. The predicted molar refractivity (Wildman–Crippen MR) is 158 cm³/mol. The third kappa shape index (κ3) is 3.11. The Morgan fingerprint density at radius 2 is 1.24 bits per heavy atom. The van der Waals surface area contributed by atoms with Gasteiger partial charge in [-0.15, -0.1) is 11.3 Å². The van der Waals surface area contributed by atoms with Crippen LogP contribution in [-0.2, 0) is 0 Å². The van der Waals surface area contributed by atoms with Crippen molar-refractivity contribution in [3.05, 3.63) is 121 Å². The largest absolute Gasteiger partial charge is 0.244 e. The van der Waals surface area contributed by atoms with Gasteiger partial charge in [-0.05, 0) is 22.9 Å². The maximum Gasteiger partial charge on any atom is 0.0979 e. The van der Waals surface area contributed by atoms with Crippen molar-refractivity contribution < 1.29 is 0 Å². The van der Waals surface area contributed by atoms with Crippen LogP contribution in [0, 0.1) is 0 Å². The fourth-order valence-electron chi connectivity index (χ4n) is 5.52. The van der Waals surface area contributed by atoms with Crippen molar-refractivity contribution in [3.63, 3.8) is 0 Å². The Labute approximate surface area is 217 Å². The van der Waals surface area contributed by atoms with Crippen LogP contribution in [0.15, 0.2) is 121 Å². The molecule has 0 spiro atoms. The second kappa shape index (κ2) is 7.95. The molecule has 8 aromatic rings. The number of hydrogen-bond acceptors (Lipinski definition) is 3. The van der Waals surface area contributed by atoms with Crippen LogP contribution >= 0.6 is 11.3 Å². The Bertz CT molecular complexity index is 2140. The highest BCUT2D eigenvalue weighted by molar-refractivity contribution is 7.26. The van der Waals surface area contributed by atoms with E-state index in [0.29, 0.717) is 0 Å². The average Bonchev–Trinajstić information content (AvgIpc) is 3.35. The normalized spacial score (nSPS) is 11.8. The molecule has 0 unspecified atom stereocenters. The van der Waals surface area contributed by atoms with Crippen LogP contribution in [-0.4, -0.2) is 9.97 Å². The van der Waals surface area contributed by atoms with Gasteiger partial charge in [-0.25, -0.2) is 9.97 Å². The number of rotatable bonds is 2. The molecule has 2 aromatic heterocycles. The molecule has 0 saturated heterocycles. The van der Waals surface area contributed by atoms with Crippen molar-refractivity contribution in [2.45, 2.75) is 0 Å². The third-order valence-electron chi connectivity index (χ3n) is 7.25. The van der Waals surface area contributed by atoms with Crippen molar-refractivity contribution in [2.24, 2.45) is 0 Å².